The zero-order valence-corrected chi connectivity index (χ0v) is 19.3. The van der Waals surface area contributed by atoms with Gasteiger partial charge in [-0.2, -0.15) is 0 Å². The molecule has 0 aliphatic carbocycles. The molecule has 1 aromatic carbocycles. The minimum atomic E-state index is 0.0842. The number of amides is 2. The molecule has 5 heteroatoms. The molecule has 0 spiro atoms. The van der Waals surface area contributed by atoms with Crippen molar-refractivity contribution in [1.29, 1.82) is 0 Å². The fourth-order valence-corrected chi connectivity index (χ4v) is 4.65. The molecule has 0 N–H and O–H groups in total. The second-order valence-corrected chi connectivity index (χ2v) is 9.43. The maximum absolute atomic E-state index is 12.9. The Kier molecular flexibility index (Phi) is 7.93. The van der Waals surface area contributed by atoms with Crippen molar-refractivity contribution in [3.05, 3.63) is 35.4 Å². The molecule has 0 bridgehead atoms. The molecule has 0 aromatic heterocycles. The van der Waals surface area contributed by atoms with Crippen LogP contribution in [0.3, 0.4) is 0 Å². The van der Waals surface area contributed by atoms with Crippen LogP contribution in [-0.4, -0.2) is 65.3 Å². The van der Waals surface area contributed by atoms with Gasteiger partial charge in [0.2, 0.25) is 5.91 Å². The highest BCUT2D eigenvalue weighted by Crippen LogP contribution is 2.24. The van der Waals surface area contributed by atoms with Crippen molar-refractivity contribution in [2.45, 2.75) is 66.0 Å². The third-order valence-electron chi connectivity index (χ3n) is 6.95. The monoisotopic (exact) mass is 413 g/mol. The number of hydrogen-bond acceptors (Lipinski definition) is 3. The number of carbonyl (C=O) groups is 2. The lowest BCUT2D eigenvalue weighted by molar-refractivity contribution is -0.138. The van der Waals surface area contributed by atoms with Crippen molar-refractivity contribution in [3.63, 3.8) is 0 Å². The van der Waals surface area contributed by atoms with Crippen LogP contribution >= 0.6 is 0 Å². The molecule has 0 radical (unpaired) electrons. The molecule has 2 amide bonds. The molecule has 166 valence electrons. The van der Waals surface area contributed by atoms with Crippen LogP contribution in [-0.2, 0) is 11.3 Å². The summed E-state index contributed by atoms with van der Waals surface area (Å²) in [6, 6.07) is 8.57. The highest BCUT2D eigenvalue weighted by Gasteiger charge is 2.31. The standard InChI is InChI=1S/C25H39N3O2/c1-5-26(19(2)3)18-21-6-8-22(9-7-21)24(29)28-16-12-23(13-17-28)25(30)27-14-10-20(4)11-15-27/h6-9,19-20,23H,5,10-18H2,1-4H3. The lowest BCUT2D eigenvalue weighted by Crippen LogP contribution is -2.46. The normalized spacial score (nSPS) is 19.0. The Balaban J connectivity index is 1.50. The van der Waals surface area contributed by atoms with Gasteiger partial charge in [0.1, 0.15) is 0 Å². The predicted molar refractivity (Wildman–Crippen MR) is 121 cm³/mol. The lowest BCUT2D eigenvalue weighted by Gasteiger charge is -2.36. The molecule has 0 atom stereocenters. The molecule has 2 aliphatic heterocycles. The third kappa shape index (κ3) is 5.63. The predicted octanol–water partition coefficient (Wildman–Crippen LogP) is 4.03. The van der Waals surface area contributed by atoms with Gasteiger partial charge in [0.25, 0.3) is 5.91 Å². The van der Waals surface area contributed by atoms with Gasteiger partial charge < -0.3 is 9.80 Å². The Bertz CT molecular complexity index is 700. The molecule has 2 aliphatic rings. The van der Waals surface area contributed by atoms with E-state index in [9.17, 15) is 9.59 Å². The van der Waals surface area contributed by atoms with Crippen molar-refractivity contribution < 1.29 is 9.59 Å². The lowest BCUT2D eigenvalue weighted by atomic mass is 9.92. The second kappa shape index (κ2) is 10.4. The van der Waals surface area contributed by atoms with Crippen LogP contribution in [0.4, 0.5) is 0 Å². The van der Waals surface area contributed by atoms with Gasteiger partial charge in [0.05, 0.1) is 0 Å². The zero-order chi connectivity index (χ0) is 21.7. The fraction of sp³-hybridized carbons (Fsp3) is 0.680. The van der Waals surface area contributed by atoms with Gasteiger partial charge in [-0.05, 0) is 69.7 Å². The van der Waals surface area contributed by atoms with E-state index in [1.165, 1.54) is 5.56 Å². The minimum absolute atomic E-state index is 0.0842. The van der Waals surface area contributed by atoms with Gasteiger partial charge in [-0.3, -0.25) is 14.5 Å². The average molecular weight is 414 g/mol. The Morgan fingerprint density at radius 3 is 2.07 bits per heavy atom. The van der Waals surface area contributed by atoms with Gasteiger partial charge in [-0.1, -0.05) is 26.0 Å². The van der Waals surface area contributed by atoms with Gasteiger partial charge in [-0.25, -0.2) is 0 Å². The molecule has 3 rings (SSSR count). The minimum Gasteiger partial charge on any atom is -0.342 e. The van der Waals surface area contributed by atoms with Crippen LogP contribution in [0.5, 0.6) is 0 Å². The molecule has 2 fully saturated rings. The first kappa shape index (κ1) is 22.8. The van der Waals surface area contributed by atoms with E-state index < -0.39 is 0 Å². The van der Waals surface area contributed by atoms with E-state index in [0.717, 1.165) is 63.3 Å². The SMILES string of the molecule is CCN(Cc1ccc(C(=O)N2CCC(C(=O)N3CCC(C)CC3)CC2)cc1)C(C)C. The Morgan fingerprint density at radius 2 is 1.53 bits per heavy atom. The summed E-state index contributed by atoms with van der Waals surface area (Å²) in [4.78, 5) is 32.1. The summed E-state index contributed by atoms with van der Waals surface area (Å²) in [6.07, 6.45) is 3.81. The number of piperidine rings is 2. The van der Waals surface area contributed by atoms with Gasteiger partial charge >= 0.3 is 0 Å². The van der Waals surface area contributed by atoms with E-state index in [0.29, 0.717) is 25.0 Å². The number of hydrogen-bond donors (Lipinski definition) is 0. The highest BCUT2D eigenvalue weighted by molar-refractivity contribution is 5.94. The van der Waals surface area contributed by atoms with Crippen LogP contribution in [0.1, 0.15) is 69.3 Å². The quantitative estimate of drug-likeness (QED) is 0.707. The van der Waals surface area contributed by atoms with E-state index in [-0.39, 0.29) is 11.8 Å². The largest absolute Gasteiger partial charge is 0.342 e. The summed E-state index contributed by atoms with van der Waals surface area (Å²) in [5, 5.41) is 0. The Labute approximate surface area is 182 Å². The first-order chi connectivity index (χ1) is 14.4. The molecule has 2 saturated heterocycles. The molecular formula is C25H39N3O2. The summed E-state index contributed by atoms with van der Waals surface area (Å²) >= 11 is 0. The fourth-order valence-electron chi connectivity index (χ4n) is 4.65. The number of nitrogens with zero attached hydrogens (tertiary/aromatic N) is 3. The first-order valence-electron chi connectivity index (χ1n) is 11.8. The molecule has 0 unspecified atom stereocenters. The maximum atomic E-state index is 12.9. The van der Waals surface area contributed by atoms with Crippen molar-refractivity contribution in [2.24, 2.45) is 11.8 Å². The van der Waals surface area contributed by atoms with Crippen molar-refractivity contribution in [2.75, 3.05) is 32.7 Å². The highest BCUT2D eigenvalue weighted by atomic mass is 16.2. The average Bonchev–Trinajstić information content (AvgIpc) is 2.77. The third-order valence-corrected chi connectivity index (χ3v) is 6.95. The van der Waals surface area contributed by atoms with Crippen molar-refractivity contribution >= 4 is 11.8 Å². The zero-order valence-electron chi connectivity index (χ0n) is 19.3. The molecule has 0 saturated carbocycles. The van der Waals surface area contributed by atoms with Crippen LogP contribution in [0.25, 0.3) is 0 Å². The molecule has 30 heavy (non-hydrogen) atoms. The van der Waals surface area contributed by atoms with Crippen LogP contribution in [0, 0.1) is 11.8 Å². The smallest absolute Gasteiger partial charge is 0.253 e. The Hall–Kier alpha value is -1.88. The van der Waals surface area contributed by atoms with Gasteiger partial charge in [0, 0.05) is 50.2 Å². The van der Waals surface area contributed by atoms with E-state index in [1.54, 1.807) is 0 Å². The Morgan fingerprint density at radius 1 is 0.967 bits per heavy atom. The van der Waals surface area contributed by atoms with E-state index >= 15 is 0 Å². The summed E-state index contributed by atoms with van der Waals surface area (Å²) in [5.41, 5.74) is 1.99. The van der Waals surface area contributed by atoms with Crippen LogP contribution in [0.15, 0.2) is 24.3 Å². The second-order valence-electron chi connectivity index (χ2n) is 9.43. The van der Waals surface area contributed by atoms with Gasteiger partial charge in [-0.15, -0.1) is 0 Å². The summed E-state index contributed by atoms with van der Waals surface area (Å²) < 4.78 is 0. The number of carbonyl (C=O) groups excluding carboxylic acids is 2. The molecule has 2 heterocycles. The topological polar surface area (TPSA) is 43.9 Å². The van der Waals surface area contributed by atoms with E-state index in [2.05, 4.69) is 49.6 Å². The van der Waals surface area contributed by atoms with Crippen LogP contribution in [0.2, 0.25) is 0 Å². The first-order valence-corrected chi connectivity index (χ1v) is 11.8. The van der Waals surface area contributed by atoms with E-state index in [1.807, 2.05) is 17.0 Å². The summed E-state index contributed by atoms with van der Waals surface area (Å²) in [5.74, 6) is 1.22. The van der Waals surface area contributed by atoms with Crippen molar-refractivity contribution in [3.8, 4) is 0 Å². The van der Waals surface area contributed by atoms with Gasteiger partial charge in [0.15, 0.2) is 0 Å². The maximum Gasteiger partial charge on any atom is 0.253 e. The van der Waals surface area contributed by atoms with Crippen molar-refractivity contribution in [1.82, 2.24) is 14.7 Å². The summed E-state index contributed by atoms with van der Waals surface area (Å²) in [6.45, 7) is 13.9. The molecule has 5 nitrogen and oxygen atoms in total. The van der Waals surface area contributed by atoms with E-state index in [4.69, 9.17) is 0 Å². The number of rotatable bonds is 6. The number of benzene rings is 1. The van der Waals surface area contributed by atoms with Crippen LogP contribution < -0.4 is 0 Å². The number of likely N-dealkylation sites (tertiary alicyclic amines) is 2. The summed E-state index contributed by atoms with van der Waals surface area (Å²) in [7, 11) is 0. The molecular weight excluding hydrogens is 374 g/mol. The molecule has 1 aromatic rings.